The Labute approximate surface area is 76.5 Å². The zero-order chi connectivity index (χ0) is 9.35. The van der Waals surface area contributed by atoms with Crippen LogP contribution >= 0.6 is 0 Å². The molecule has 1 aliphatic rings. The Balaban J connectivity index is 2.51. The SMILES string of the molecule is C[C@H]1CN(C(C)(C)C)CCN1C. The van der Waals surface area contributed by atoms with Crippen LogP contribution in [0.3, 0.4) is 0 Å². The Morgan fingerprint density at radius 2 is 1.75 bits per heavy atom. The largest absolute Gasteiger partial charge is 0.301 e. The van der Waals surface area contributed by atoms with E-state index in [1.165, 1.54) is 19.6 Å². The monoisotopic (exact) mass is 170 g/mol. The van der Waals surface area contributed by atoms with Crippen LogP contribution < -0.4 is 0 Å². The quantitative estimate of drug-likeness (QED) is 0.542. The van der Waals surface area contributed by atoms with Gasteiger partial charge >= 0.3 is 0 Å². The zero-order valence-electron chi connectivity index (χ0n) is 9.09. The third kappa shape index (κ3) is 2.20. The van der Waals surface area contributed by atoms with Crippen molar-refractivity contribution in [1.29, 1.82) is 0 Å². The molecule has 0 aromatic carbocycles. The smallest absolute Gasteiger partial charge is 0.0192 e. The fraction of sp³-hybridized carbons (Fsp3) is 1.00. The Hall–Kier alpha value is -0.0800. The van der Waals surface area contributed by atoms with Gasteiger partial charge in [-0.2, -0.15) is 0 Å². The predicted molar refractivity (Wildman–Crippen MR) is 53.4 cm³/mol. The predicted octanol–water partition coefficient (Wildman–Crippen LogP) is 1.42. The van der Waals surface area contributed by atoms with Crippen LogP contribution in [0.5, 0.6) is 0 Å². The van der Waals surface area contributed by atoms with Crippen molar-refractivity contribution in [2.75, 3.05) is 26.7 Å². The Kier molecular flexibility index (Phi) is 2.79. The Bertz CT molecular complexity index is 148. The third-order valence-electron chi connectivity index (χ3n) is 2.91. The van der Waals surface area contributed by atoms with Crippen molar-refractivity contribution in [3.05, 3.63) is 0 Å². The van der Waals surface area contributed by atoms with E-state index < -0.39 is 0 Å². The number of rotatable bonds is 0. The second kappa shape index (κ2) is 3.35. The highest BCUT2D eigenvalue weighted by molar-refractivity contribution is 4.84. The molecular formula is C10H22N2. The van der Waals surface area contributed by atoms with Crippen LogP contribution in [0, 0.1) is 0 Å². The van der Waals surface area contributed by atoms with E-state index in [9.17, 15) is 0 Å². The molecule has 1 fully saturated rings. The molecule has 0 amide bonds. The summed E-state index contributed by atoms with van der Waals surface area (Å²) < 4.78 is 0. The molecule has 0 unspecified atom stereocenters. The average Bonchev–Trinajstić information content (AvgIpc) is 1.92. The molecule has 72 valence electrons. The molecule has 12 heavy (non-hydrogen) atoms. The number of hydrogen-bond donors (Lipinski definition) is 0. The molecule has 0 bridgehead atoms. The summed E-state index contributed by atoms with van der Waals surface area (Å²) in [7, 11) is 2.21. The van der Waals surface area contributed by atoms with Gasteiger partial charge in [-0.1, -0.05) is 0 Å². The van der Waals surface area contributed by atoms with Crippen molar-refractivity contribution >= 4 is 0 Å². The maximum atomic E-state index is 2.57. The molecule has 1 saturated heterocycles. The van der Waals surface area contributed by atoms with Crippen molar-refractivity contribution < 1.29 is 0 Å². The molecule has 0 saturated carbocycles. The molecule has 0 radical (unpaired) electrons. The number of nitrogens with zero attached hydrogens (tertiary/aromatic N) is 2. The van der Waals surface area contributed by atoms with E-state index in [1.807, 2.05) is 0 Å². The highest BCUT2D eigenvalue weighted by atomic mass is 15.3. The van der Waals surface area contributed by atoms with E-state index in [0.717, 1.165) is 0 Å². The maximum Gasteiger partial charge on any atom is 0.0192 e. The van der Waals surface area contributed by atoms with Gasteiger partial charge in [0, 0.05) is 31.2 Å². The van der Waals surface area contributed by atoms with E-state index >= 15 is 0 Å². The number of hydrogen-bond acceptors (Lipinski definition) is 2. The van der Waals surface area contributed by atoms with Gasteiger partial charge in [0.1, 0.15) is 0 Å². The minimum absolute atomic E-state index is 0.343. The molecular weight excluding hydrogens is 148 g/mol. The highest BCUT2D eigenvalue weighted by Gasteiger charge is 2.27. The number of piperazine rings is 1. The van der Waals surface area contributed by atoms with E-state index in [2.05, 4.69) is 44.5 Å². The lowest BCUT2D eigenvalue weighted by Gasteiger charge is -2.44. The van der Waals surface area contributed by atoms with Gasteiger partial charge in [0.2, 0.25) is 0 Å². The second-order valence-corrected chi connectivity index (χ2v) is 4.95. The molecule has 1 aliphatic heterocycles. The summed E-state index contributed by atoms with van der Waals surface area (Å²) in [6.45, 7) is 12.8. The van der Waals surface area contributed by atoms with Crippen molar-refractivity contribution in [2.45, 2.75) is 39.3 Å². The maximum absolute atomic E-state index is 2.57. The minimum Gasteiger partial charge on any atom is -0.301 e. The second-order valence-electron chi connectivity index (χ2n) is 4.95. The van der Waals surface area contributed by atoms with E-state index in [-0.39, 0.29) is 0 Å². The van der Waals surface area contributed by atoms with Crippen molar-refractivity contribution in [1.82, 2.24) is 9.80 Å². The lowest BCUT2D eigenvalue weighted by molar-refractivity contribution is 0.0415. The van der Waals surface area contributed by atoms with Crippen molar-refractivity contribution in [3.8, 4) is 0 Å². The van der Waals surface area contributed by atoms with Crippen LogP contribution in [-0.2, 0) is 0 Å². The highest BCUT2D eigenvalue weighted by Crippen LogP contribution is 2.17. The van der Waals surface area contributed by atoms with E-state index in [0.29, 0.717) is 11.6 Å². The number of likely N-dealkylation sites (N-methyl/N-ethyl adjacent to an activating group) is 1. The van der Waals surface area contributed by atoms with Crippen LogP contribution in [-0.4, -0.2) is 48.1 Å². The third-order valence-corrected chi connectivity index (χ3v) is 2.91. The summed E-state index contributed by atoms with van der Waals surface area (Å²) in [5.74, 6) is 0. The fourth-order valence-corrected chi connectivity index (χ4v) is 1.66. The molecule has 1 atom stereocenters. The van der Waals surface area contributed by atoms with Gasteiger partial charge in [0.15, 0.2) is 0 Å². The van der Waals surface area contributed by atoms with E-state index in [4.69, 9.17) is 0 Å². The van der Waals surface area contributed by atoms with Crippen molar-refractivity contribution in [3.63, 3.8) is 0 Å². The Morgan fingerprint density at radius 1 is 1.17 bits per heavy atom. The van der Waals surface area contributed by atoms with Gasteiger partial charge < -0.3 is 4.90 Å². The minimum atomic E-state index is 0.343. The first-order chi connectivity index (χ1) is 5.41. The van der Waals surface area contributed by atoms with Gasteiger partial charge in [-0.15, -0.1) is 0 Å². The summed E-state index contributed by atoms with van der Waals surface area (Å²) in [6.07, 6.45) is 0. The molecule has 2 nitrogen and oxygen atoms in total. The van der Waals surface area contributed by atoms with Crippen molar-refractivity contribution in [2.24, 2.45) is 0 Å². The lowest BCUT2D eigenvalue weighted by Crippen LogP contribution is -2.56. The van der Waals surface area contributed by atoms with Gasteiger partial charge in [0.25, 0.3) is 0 Å². The first-order valence-corrected chi connectivity index (χ1v) is 4.86. The normalized spacial score (nSPS) is 29.2. The summed E-state index contributed by atoms with van der Waals surface area (Å²) in [5.41, 5.74) is 0.343. The first kappa shape index (κ1) is 10.0. The van der Waals surface area contributed by atoms with Crippen LogP contribution in [0.4, 0.5) is 0 Å². The van der Waals surface area contributed by atoms with Crippen LogP contribution in [0.15, 0.2) is 0 Å². The summed E-state index contributed by atoms with van der Waals surface area (Å²) in [6, 6.07) is 0.706. The molecule has 0 aromatic heterocycles. The topological polar surface area (TPSA) is 6.48 Å². The molecule has 0 aliphatic carbocycles. The van der Waals surface area contributed by atoms with E-state index in [1.54, 1.807) is 0 Å². The van der Waals surface area contributed by atoms with Gasteiger partial charge in [0.05, 0.1) is 0 Å². The van der Waals surface area contributed by atoms with Crippen LogP contribution in [0.2, 0.25) is 0 Å². The first-order valence-electron chi connectivity index (χ1n) is 4.86. The standard InChI is InChI=1S/C10H22N2/c1-9-8-12(10(2,3)4)7-6-11(9)5/h9H,6-8H2,1-5H3/t9-/m0/s1. The van der Waals surface area contributed by atoms with Crippen LogP contribution in [0.25, 0.3) is 0 Å². The summed E-state index contributed by atoms with van der Waals surface area (Å²) >= 11 is 0. The lowest BCUT2D eigenvalue weighted by atomic mass is 10.0. The molecule has 1 rings (SSSR count). The van der Waals surface area contributed by atoms with Gasteiger partial charge in [-0.3, -0.25) is 4.90 Å². The van der Waals surface area contributed by atoms with Gasteiger partial charge in [-0.25, -0.2) is 0 Å². The molecule has 2 heteroatoms. The summed E-state index contributed by atoms with van der Waals surface area (Å²) in [5, 5.41) is 0. The fourth-order valence-electron chi connectivity index (χ4n) is 1.66. The molecule has 1 heterocycles. The summed E-state index contributed by atoms with van der Waals surface area (Å²) in [4.78, 5) is 5.00. The van der Waals surface area contributed by atoms with Gasteiger partial charge in [-0.05, 0) is 34.7 Å². The Morgan fingerprint density at radius 3 is 2.17 bits per heavy atom. The zero-order valence-corrected chi connectivity index (χ0v) is 9.09. The van der Waals surface area contributed by atoms with Crippen LogP contribution in [0.1, 0.15) is 27.7 Å². The average molecular weight is 170 g/mol. The molecule has 0 N–H and O–H groups in total. The molecule has 0 spiro atoms. The molecule has 0 aromatic rings.